The highest BCUT2D eigenvalue weighted by molar-refractivity contribution is 5.98. The van der Waals surface area contributed by atoms with Gasteiger partial charge in [-0.3, -0.25) is 4.79 Å². The Balaban J connectivity index is 2.09. The number of carbonyl (C=O) groups excluding carboxylic acids is 1. The summed E-state index contributed by atoms with van der Waals surface area (Å²) in [4.78, 5) is 12.2. The Morgan fingerprint density at radius 1 is 1.15 bits per heavy atom. The highest BCUT2D eigenvalue weighted by Gasteiger charge is 2.35. The molecule has 1 heterocycles. The van der Waals surface area contributed by atoms with Gasteiger partial charge in [-0.15, -0.1) is 0 Å². The van der Waals surface area contributed by atoms with E-state index >= 15 is 0 Å². The number of nitrogens with one attached hydrogen (secondary N) is 1. The topological polar surface area (TPSA) is 47.6 Å². The second-order valence-corrected chi connectivity index (χ2v) is 5.65. The molecule has 0 bridgehead atoms. The number of benzene rings is 1. The summed E-state index contributed by atoms with van der Waals surface area (Å²) in [6.07, 6.45) is 5.08. The van der Waals surface area contributed by atoms with E-state index in [0.29, 0.717) is 23.1 Å². The van der Waals surface area contributed by atoms with Crippen LogP contribution in [-0.2, 0) is 0 Å². The number of amides is 1. The Morgan fingerprint density at radius 2 is 1.90 bits per heavy atom. The molecule has 1 fully saturated rings. The first-order valence-electron chi connectivity index (χ1n) is 7.28. The number of hydrogen-bond acceptors (Lipinski definition) is 3. The molecule has 1 aromatic carbocycles. The molecule has 1 aliphatic heterocycles. The zero-order valence-electron chi connectivity index (χ0n) is 12.1. The van der Waals surface area contributed by atoms with Crippen LogP contribution >= 0.6 is 0 Å². The molecule has 0 aromatic heterocycles. The largest absolute Gasteiger partial charge is 0.497 e. The lowest BCUT2D eigenvalue weighted by molar-refractivity contribution is 0.0932. The minimum Gasteiger partial charge on any atom is -0.497 e. The Hall–Kier alpha value is -1.71. The molecule has 1 amide bonds. The fourth-order valence-electron chi connectivity index (χ4n) is 3.62. The maximum atomic E-state index is 12.2. The Kier molecular flexibility index (Phi) is 3.55. The minimum atomic E-state index is -0.0218. The fraction of sp³-hybridized carbons (Fsp3) is 0.562. The third-order valence-corrected chi connectivity index (χ3v) is 4.64. The summed E-state index contributed by atoms with van der Waals surface area (Å²) in [6.45, 7) is 0.721. The van der Waals surface area contributed by atoms with Gasteiger partial charge in [0, 0.05) is 24.1 Å². The fourth-order valence-corrected chi connectivity index (χ4v) is 3.62. The third-order valence-electron chi connectivity index (χ3n) is 4.64. The van der Waals surface area contributed by atoms with Gasteiger partial charge in [-0.2, -0.15) is 0 Å². The molecular weight excluding hydrogens is 254 g/mol. The standard InChI is InChI=1S/C16H21NO3/c1-19-11-7-12-15(14(8-11)20-2)13(9-17-16(12)18)10-5-3-4-6-10/h7-8,10,13H,3-6,9H2,1-2H3,(H,17,18). The number of fused-ring (bicyclic) bond motifs is 1. The maximum absolute atomic E-state index is 12.2. The van der Waals surface area contributed by atoms with Crippen molar-refractivity contribution in [2.75, 3.05) is 20.8 Å². The molecule has 1 saturated carbocycles. The summed E-state index contributed by atoms with van der Waals surface area (Å²) in [5, 5.41) is 3.02. The van der Waals surface area contributed by atoms with Crippen molar-refractivity contribution in [1.82, 2.24) is 5.32 Å². The lowest BCUT2D eigenvalue weighted by atomic mass is 9.79. The third kappa shape index (κ3) is 2.13. The van der Waals surface area contributed by atoms with Gasteiger partial charge < -0.3 is 14.8 Å². The maximum Gasteiger partial charge on any atom is 0.251 e. The first-order chi connectivity index (χ1) is 9.74. The van der Waals surface area contributed by atoms with Crippen molar-refractivity contribution in [2.45, 2.75) is 31.6 Å². The summed E-state index contributed by atoms with van der Waals surface area (Å²) in [5.74, 6) is 2.45. The lowest BCUT2D eigenvalue weighted by Crippen LogP contribution is -2.37. The van der Waals surface area contributed by atoms with Gasteiger partial charge in [-0.05, 0) is 24.8 Å². The molecule has 3 rings (SSSR count). The number of ether oxygens (including phenoxy) is 2. The van der Waals surface area contributed by atoms with Gasteiger partial charge in [0.25, 0.3) is 5.91 Å². The van der Waals surface area contributed by atoms with E-state index in [0.717, 1.165) is 17.9 Å². The molecule has 1 unspecified atom stereocenters. The molecule has 108 valence electrons. The average Bonchev–Trinajstić information content (AvgIpc) is 3.01. The molecule has 1 N–H and O–H groups in total. The second kappa shape index (κ2) is 5.35. The normalized spacial score (nSPS) is 22.3. The lowest BCUT2D eigenvalue weighted by Gasteiger charge is -2.31. The van der Waals surface area contributed by atoms with Crippen LogP contribution in [0.5, 0.6) is 11.5 Å². The van der Waals surface area contributed by atoms with E-state index in [9.17, 15) is 4.79 Å². The van der Waals surface area contributed by atoms with Crippen LogP contribution in [0.4, 0.5) is 0 Å². The quantitative estimate of drug-likeness (QED) is 0.922. The molecule has 2 aliphatic rings. The average molecular weight is 275 g/mol. The van der Waals surface area contributed by atoms with Crippen LogP contribution < -0.4 is 14.8 Å². The van der Waals surface area contributed by atoms with Gasteiger partial charge in [0.2, 0.25) is 0 Å². The van der Waals surface area contributed by atoms with E-state index in [1.807, 2.05) is 12.1 Å². The van der Waals surface area contributed by atoms with Crippen LogP contribution in [0.3, 0.4) is 0 Å². The molecule has 0 spiro atoms. The Labute approximate surface area is 119 Å². The monoisotopic (exact) mass is 275 g/mol. The smallest absolute Gasteiger partial charge is 0.251 e. The Bertz CT molecular complexity index is 521. The summed E-state index contributed by atoms with van der Waals surface area (Å²) < 4.78 is 10.8. The summed E-state index contributed by atoms with van der Waals surface area (Å²) >= 11 is 0. The van der Waals surface area contributed by atoms with Crippen molar-refractivity contribution in [2.24, 2.45) is 5.92 Å². The molecule has 0 saturated heterocycles. The first kappa shape index (κ1) is 13.3. The summed E-state index contributed by atoms with van der Waals surface area (Å²) in [6, 6.07) is 3.72. The molecule has 1 aliphatic carbocycles. The molecule has 4 heteroatoms. The van der Waals surface area contributed by atoms with Gasteiger partial charge in [0.05, 0.1) is 19.8 Å². The summed E-state index contributed by atoms with van der Waals surface area (Å²) in [5.41, 5.74) is 1.79. The van der Waals surface area contributed by atoms with Crippen molar-refractivity contribution in [3.63, 3.8) is 0 Å². The minimum absolute atomic E-state index is 0.0218. The predicted molar refractivity (Wildman–Crippen MR) is 76.6 cm³/mol. The highest BCUT2D eigenvalue weighted by atomic mass is 16.5. The predicted octanol–water partition coefficient (Wildman–Crippen LogP) is 2.72. The van der Waals surface area contributed by atoms with Crippen molar-refractivity contribution < 1.29 is 14.3 Å². The second-order valence-electron chi connectivity index (χ2n) is 5.65. The SMILES string of the molecule is COc1cc(OC)c2c(c1)C(=O)NCC2C1CCCC1. The molecule has 0 radical (unpaired) electrons. The van der Waals surface area contributed by atoms with Gasteiger partial charge in [0.15, 0.2) is 0 Å². The van der Waals surface area contributed by atoms with Crippen LogP contribution in [-0.4, -0.2) is 26.7 Å². The van der Waals surface area contributed by atoms with Gasteiger partial charge in [0.1, 0.15) is 11.5 Å². The molecule has 4 nitrogen and oxygen atoms in total. The van der Waals surface area contributed by atoms with E-state index in [4.69, 9.17) is 9.47 Å². The first-order valence-corrected chi connectivity index (χ1v) is 7.28. The molecule has 1 atom stereocenters. The van der Waals surface area contributed by atoms with Crippen molar-refractivity contribution in [1.29, 1.82) is 0 Å². The molecule has 1 aromatic rings. The van der Waals surface area contributed by atoms with Gasteiger partial charge in [-0.1, -0.05) is 12.8 Å². The van der Waals surface area contributed by atoms with Crippen LogP contribution in [0.15, 0.2) is 12.1 Å². The van der Waals surface area contributed by atoms with Crippen LogP contribution in [0.2, 0.25) is 0 Å². The highest BCUT2D eigenvalue weighted by Crippen LogP contribution is 2.44. The van der Waals surface area contributed by atoms with E-state index in [1.165, 1.54) is 25.7 Å². The number of hydrogen-bond donors (Lipinski definition) is 1. The number of carbonyl (C=O) groups is 1. The number of rotatable bonds is 3. The van der Waals surface area contributed by atoms with Gasteiger partial charge >= 0.3 is 0 Å². The van der Waals surface area contributed by atoms with E-state index in [-0.39, 0.29) is 5.91 Å². The van der Waals surface area contributed by atoms with E-state index in [2.05, 4.69) is 5.32 Å². The molecule has 20 heavy (non-hydrogen) atoms. The van der Waals surface area contributed by atoms with Crippen molar-refractivity contribution in [3.8, 4) is 11.5 Å². The zero-order chi connectivity index (χ0) is 14.1. The van der Waals surface area contributed by atoms with Crippen LogP contribution in [0.25, 0.3) is 0 Å². The number of methoxy groups -OCH3 is 2. The van der Waals surface area contributed by atoms with E-state index in [1.54, 1.807) is 14.2 Å². The van der Waals surface area contributed by atoms with Crippen molar-refractivity contribution >= 4 is 5.91 Å². The summed E-state index contributed by atoms with van der Waals surface area (Å²) in [7, 11) is 3.27. The Morgan fingerprint density at radius 3 is 2.55 bits per heavy atom. The van der Waals surface area contributed by atoms with Crippen molar-refractivity contribution in [3.05, 3.63) is 23.3 Å². The van der Waals surface area contributed by atoms with Crippen LogP contribution in [0, 0.1) is 5.92 Å². The molecular formula is C16H21NO3. The van der Waals surface area contributed by atoms with E-state index < -0.39 is 0 Å². The zero-order valence-corrected chi connectivity index (χ0v) is 12.1. The van der Waals surface area contributed by atoms with Crippen LogP contribution in [0.1, 0.15) is 47.5 Å². The van der Waals surface area contributed by atoms with Gasteiger partial charge in [-0.25, -0.2) is 0 Å².